The summed E-state index contributed by atoms with van der Waals surface area (Å²) in [5.74, 6) is 0. The Hall–Kier alpha value is -4.43. The highest BCUT2D eigenvalue weighted by Crippen LogP contribution is 2.52. The summed E-state index contributed by atoms with van der Waals surface area (Å²) in [6.45, 7) is 6.28. The van der Waals surface area contributed by atoms with Crippen molar-refractivity contribution in [3.8, 4) is 11.3 Å². The molecule has 1 aromatic heterocycles. The number of anilines is 3. The largest absolute Gasteiger partial charge is 0.309 e. The van der Waals surface area contributed by atoms with Crippen LogP contribution in [0.3, 0.4) is 0 Å². The maximum atomic E-state index is 4.93. The predicted octanol–water partition coefficient (Wildman–Crippen LogP) is 8.94. The van der Waals surface area contributed by atoms with Crippen LogP contribution in [-0.4, -0.2) is 4.98 Å². The molecule has 6 aromatic rings. The SMILES string of the molecule is C=Cc1c(C)ccc2c1cc1c3c(nccc32)-c2cc3ccccc3cc2N1c1ccccc1. The zero-order valence-electron chi connectivity index (χ0n) is 18.9. The Morgan fingerprint density at radius 2 is 1.50 bits per heavy atom. The molecule has 0 saturated carbocycles. The molecule has 0 bridgehead atoms. The zero-order chi connectivity index (χ0) is 22.8. The van der Waals surface area contributed by atoms with E-state index >= 15 is 0 Å². The second-order valence-corrected chi connectivity index (χ2v) is 8.96. The van der Waals surface area contributed by atoms with Crippen molar-refractivity contribution in [2.24, 2.45) is 0 Å². The van der Waals surface area contributed by atoms with Crippen LogP contribution < -0.4 is 4.90 Å². The third-order valence-electron chi connectivity index (χ3n) is 7.10. The molecule has 0 atom stereocenters. The van der Waals surface area contributed by atoms with Crippen molar-refractivity contribution in [1.82, 2.24) is 4.98 Å². The summed E-state index contributed by atoms with van der Waals surface area (Å²) < 4.78 is 0. The van der Waals surface area contributed by atoms with Crippen molar-refractivity contribution in [3.63, 3.8) is 0 Å². The summed E-state index contributed by atoms with van der Waals surface area (Å²) in [5.41, 5.74) is 8.09. The second-order valence-electron chi connectivity index (χ2n) is 8.96. The quantitative estimate of drug-likeness (QED) is 0.252. The van der Waals surface area contributed by atoms with E-state index in [-0.39, 0.29) is 0 Å². The van der Waals surface area contributed by atoms with Gasteiger partial charge in [-0.05, 0) is 81.4 Å². The second kappa shape index (κ2) is 7.03. The van der Waals surface area contributed by atoms with E-state index in [0.29, 0.717) is 0 Å². The van der Waals surface area contributed by atoms with Crippen LogP contribution in [0.2, 0.25) is 0 Å². The van der Waals surface area contributed by atoms with Crippen molar-refractivity contribution in [3.05, 3.63) is 115 Å². The van der Waals surface area contributed by atoms with Gasteiger partial charge in [0.1, 0.15) is 0 Å². The monoisotopic (exact) mass is 434 g/mol. The topological polar surface area (TPSA) is 16.1 Å². The summed E-state index contributed by atoms with van der Waals surface area (Å²) in [7, 11) is 0. The van der Waals surface area contributed by atoms with Gasteiger partial charge < -0.3 is 4.90 Å². The third-order valence-corrected chi connectivity index (χ3v) is 7.10. The fraction of sp³-hybridized carbons (Fsp3) is 0.0312. The van der Waals surface area contributed by atoms with Gasteiger partial charge >= 0.3 is 0 Å². The van der Waals surface area contributed by atoms with Gasteiger partial charge in [-0.15, -0.1) is 0 Å². The minimum atomic E-state index is 1.04. The van der Waals surface area contributed by atoms with E-state index in [1.807, 2.05) is 12.3 Å². The standard InChI is InChI=1S/C32H22N2/c1-3-24-20(2)13-14-25-26-15-16-33-32-28-17-21-9-7-8-10-22(21)18-29(28)34(23-11-5-4-6-12-23)30(31(26)32)19-27(24)25/h3-19H,1H2,2H3. The highest BCUT2D eigenvalue weighted by atomic mass is 15.2. The van der Waals surface area contributed by atoms with Crippen LogP contribution in [-0.2, 0) is 0 Å². The van der Waals surface area contributed by atoms with E-state index in [0.717, 1.165) is 28.3 Å². The van der Waals surface area contributed by atoms with Gasteiger partial charge in [-0.2, -0.15) is 0 Å². The summed E-state index contributed by atoms with van der Waals surface area (Å²) in [6.07, 6.45) is 3.93. The fourth-order valence-corrected chi connectivity index (χ4v) is 5.53. The minimum absolute atomic E-state index is 1.04. The Labute approximate surface area is 198 Å². The highest BCUT2D eigenvalue weighted by Gasteiger charge is 2.28. The molecule has 1 aliphatic rings. The number of fused-ring (bicyclic) bond motifs is 5. The first-order valence-electron chi connectivity index (χ1n) is 11.6. The molecule has 0 unspecified atom stereocenters. The Bertz CT molecular complexity index is 1780. The van der Waals surface area contributed by atoms with E-state index in [4.69, 9.17) is 4.98 Å². The molecule has 7 rings (SSSR count). The molecule has 1 aliphatic heterocycles. The molecule has 0 spiro atoms. The van der Waals surface area contributed by atoms with Gasteiger partial charge in [0.05, 0.1) is 17.1 Å². The molecule has 160 valence electrons. The lowest BCUT2D eigenvalue weighted by molar-refractivity contribution is 1.26. The Kier molecular flexibility index (Phi) is 3.95. The van der Waals surface area contributed by atoms with Crippen LogP contribution in [0.25, 0.3) is 49.7 Å². The first-order chi connectivity index (χ1) is 16.7. The van der Waals surface area contributed by atoms with Crippen LogP contribution in [0, 0.1) is 6.92 Å². The average Bonchev–Trinajstić information content (AvgIpc) is 2.88. The summed E-state index contributed by atoms with van der Waals surface area (Å²) in [5, 5.41) is 7.32. The number of pyridine rings is 1. The highest BCUT2D eigenvalue weighted by molar-refractivity contribution is 6.23. The van der Waals surface area contributed by atoms with Gasteiger partial charge in [0.25, 0.3) is 0 Å². The fourth-order valence-electron chi connectivity index (χ4n) is 5.53. The number of hydrogen-bond donors (Lipinski definition) is 0. The van der Waals surface area contributed by atoms with Gasteiger partial charge in [0.15, 0.2) is 0 Å². The number of para-hydroxylation sites is 1. The lowest BCUT2D eigenvalue weighted by atomic mass is 9.88. The third kappa shape index (κ3) is 2.54. The molecular weight excluding hydrogens is 412 g/mol. The Morgan fingerprint density at radius 1 is 0.735 bits per heavy atom. The molecule has 2 heteroatoms. The van der Waals surface area contributed by atoms with Gasteiger partial charge in [0.2, 0.25) is 0 Å². The molecule has 0 N–H and O–H groups in total. The van der Waals surface area contributed by atoms with Crippen molar-refractivity contribution in [2.75, 3.05) is 4.90 Å². The number of rotatable bonds is 2. The van der Waals surface area contributed by atoms with Crippen LogP contribution in [0.4, 0.5) is 17.1 Å². The molecule has 2 heterocycles. The van der Waals surface area contributed by atoms with E-state index in [1.165, 1.54) is 43.4 Å². The van der Waals surface area contributed by atoms with Crippen molar-refractivity contribution >= 4 is 55.5 Å². The van der Waals surface area contributed by atoms with E-state index in [1.54, 1.807) is 0 Å². The van der Waals surface area contributed by atoms with Crippen LogP contribution in [0.5, 0.6) is 0 Å². The molecule has 2 nitrogen and oxygen atoms in total. The first kappa shape index (κ1) is 19.1. The zero-order valence-corrected chi connectivity index (χ0v) is 18.9. The van der Waals surface area contributed by atoms with Crippen molar-refractivity contribution in [1.29, 1.82) is 0 Å². The Morgan fingerprint density at radius 3 is 2.29 bits per heavy atom. The Balaban J connectivity index is 1.71. The summed E-state index contributed by atoms with van der Waals surface area (Å²) in [6, 6.07) is 32.7. The molecule has 0 saturated heterocycles. The summed E-state index contributed by atoms with van der Waals surface area (Å²) in [4.78, 5) is 7.33. The molecule has 34 heavy (non-hydrogen) atoms. The molecule has 0 amide bonds. The normalized spacial score (nSPS) is 12.3. The predicted molar refractivity (Wildman–Crippen MR) is 145 cm³/mol. The van der Waals surface area contributed by atoms with Crippen molar-refractivity contribution in [2.45, 2.75) is 6.92 Å². The number of aromatic nitrogens is 1. The molecule has 5 aromatic carbocycles. The smallest absolute Gasteiger partial charge is 0.0822 e. The average molecular weight is 435 g/mol. The first-order valence-corrected chi connectivity index (χ1v) is 11.6. The van der Waals surface area contributed by atoms with E-state index in [9.17, 15) is 0 Å². The lowest BCUT2D eigenvalue weighted by Crippen LogP contribution is -2.16. The van der Waals surface area contributed by atoms with Crippen molar-refractivity contribution < 1.29 is 0 Å². The number of nitrogens with zero attached hydrogens (tertiary/aromatic N) is 2. The lowest BCUT2D eigenvalue weighted by Gasteiger charge is -2.34. The number of aryl methyl sites for hydroxylation is 1. The van der Waals surface area contributed by atoms with Gasteiger partial charge in [-0.1, -0.05) is 67.3 Å². The molecule has 0 radical (unpaired) electrons. The van der Waals surface area contributed by atoms with Crippen LogP contribution >= 0.6 is 0 Å². The molecule has 0 aliphatic carbocycles. The van der Waals surface area contributed by atoms with Gasteiger partial charge in [-0.25, -0.2) is 0 Å². The van der Waals surface area contributed by atoms with E-state index < -0.39 is 0 Å². The number of hydrogen-bond acceptors (Lipinski definition) is 2. The van der Waals surface area contributed by atoms with Gasteiger partial charge in [0, 0.05) is 22.8 Å². The maximum Gasteiger partial charge on any atom is 0.0822 e. The molecule has 0 fully saturated rings. The van der Waals surface area contributed by atoms with Gasteiger partial charge in [-0.3, -0.25) is 4.98 Å². The molecular formula is C32H22N2. The van der Waals surface area contributed by atoms with E-state index in [2.05, 4.69) is 109 Å². The minimum Gasteiger partial charge on any atom is -0.309 e. The summed E-state index contributed by atoms with van der Waals surface area (Å²) >= 11 is 0. The maximum absolute atomic E-state index is 4.93. The van der Waals surface area contributed by atoms with Crippen LogP contribution in [0.1, 0.15) is 11.1 Å². The van der Waals surface area contributed by atoms with Crippen LogP contribution in [0.15, 0.2) is 104 Å². The number of benzene rings is 5.